The Labute approximate surface area is 142 Å². The van der Waals surface area contributed by atoms with Gasteiger partial charge in [0.1, 0.15) is 30.8 Å². The summed E-state index contributed by atoms with van der Waals surface area (Å²) in [6, 6.07) is 12.9. The van der Waals surface area contributed by atoms with Crippen molar-refractivity contribution in [1.29, 1.82) is 0 Å². The van der Waals surface area contributed by atoms with Gasteiger partial charge in [-0.3, -0.25) is 4.79 Å². The minimum Gasteiger partial charge on any atom is -0.491 e. The number of hydrogen-bond acceptors (Lipinski definition) is 4. The van der Waals surface area contributed by atoms with Crippen molar-refractivity contribution in [3.63, 3.8) is 0 Å². The number of aryl methyl sites for hydroxylation is 2. The zero-order chi connectivity index (χ0) is 17.5. The number of carbonyl (C=O) groups excluding carboxylic acids is 1. The zero-order valence-electron chi connectivity index (χ0n) is 14.2. The SMILES string of the molecule is CC(=O)Nc1ccc(OC[C@@H](O)COc2c(C)cccc2C)cc1. The van der Waals surface area contributed by atoms with Crippen molar-refractivity contribution in [2.45, 2.75) is 26.9 Å². The van der Waals surface area contributed by atoms with Crippen molar-refractivity contribution in [1.82, 2.24) is 0 Å². The van der Waals surface area contributed by atoms with Gasteiger partial charge in [-0.2, -0.15) is 0 Å². The zero-order valence-corrected chi connectivity index (χ0v) is 14.2. The predicted molar refractivity (Wildman–Crippen MR) is 93.7 cm³/mol. The van der Waals surface area contributed by atoms with Crippen molar-refractivity contribution in [2.24, 2.45) is 0 Å². The van der Waals surface area contributed by atoms with E-state index in [-0.39, 0.29) is 19.1 Å². The number of aliphatic hydroxyl groups is 1. The van der Waals surface area contributed by atoms with Crippen molar-refractivity contribution in [3.05, 3.63) is 53.6 Å². The van der Waals surface area contributed by atoms with E-state index in [1.165, 1.54) is 6.92 Å². The molecule has 0 unspecified atom stereocenters. The predicted octanol–water partition coefficient (Wildman–Crippen LogP) is 3.08. The third kappa shape index (κ3) is 5.28. The Morgan fingerprint density at radius 1 is 1.04 bits per heavy atom. The topological polar surface area (TPSA) is 67.8 Å². The summed E-state index contributed by atoms with van der Waals surface area (Å²) in [5, 5.41) is 12.7. The number of rotatable bonds is 7. The van der Waals surface area contributed by atoms with Crippen LogP contribution in [0, 0.1) is 13.8 Å². The third-order valence-electron chi connectivity index (χ3n) is 3.45. The molecule has 0 saturated carbocycles. The number of aliphatic hydroxyl groups excluding tert-OH is 1. The molecule has 1 atom stereocenters. The molecule has 0 spiro atoms. The molecule has 0 aliphatic carbocycles. The Balaban J connectivity index is 1.80. The van der Waals surface area contributed by atoms with Gasteiger partial charge in [0.05, 0.1) is 0 Å². The summed E-state index contributed by atoms with van der Waals surface area (Å²) < 4.78 is 11.2. The van der Waals surface area contributed by atoms with E-state index in [9.17, 15) is 9.90 Å². The second-order valence-electron chi connectivity index (χ2n) is 5.70. The first-order chi connectivity index (χ1) is 11.5. The fourth-order valence-electron chi connectivity index (χ4n) is 2.28. The number of nitrogens with one attached hydrogen (secondary N) is 1. The van der Waals surface area contributed by atoms with Crippen LogP contribution in [0.3, 0.4) is 0 Å². The molecule has 0 saturated heterocycles. The molecule has 2 N–H and O–H groups in total. The maximum Gasteiger partial charge on any atom is 0.221 e. The molecule has 0 aliphatic rings. The highest BCUT2D eigenvalue weighted by molar-refractivity contribution is 5.88. The van der Waals surface area contributed by atoms with Gasteiger partial charge in [0.2, 0.25) is 5.91 Å². The largest absolute Gasteiger partial charge is 0.491 e. The lowest BCUT2D eigenvalue weighted by Gasteiger charge is -2.16. The molecule has 5 heteroatoms. The number of benzene rings is 2. The van der Waals surface area contributed by atoms with Crippen LogP contribution in [-0.4, -0.2) is 30.3 Å². The minimum atomic E-state index is -0.737. The first kappa shape index (κ1) is 17.8. The van der Waals surface area contributed by atoms with Gasteiger partial charge in [-0.1, -0.05) is 18.2 Å². The molecule has 0 aromatic heterocycles. The smallest absolute Gasteiger partial charge is 0.221 e. The summed E-state index contributed by atoms with van der Waals surface area (Å²) in [5.74, 6) is 1.30. The molecule has 2 rings (SSSR count). The molecular weight excluding hydrogens is 306 g/mol. The highest BCUT2D eigenvalue weighted by Gasteiger charge is 2.09. The van der Waals surface area contributed by atoms with Crippen LogP contribution < -0.4 is 14.8 Å². The Kier molecular flexibility index (Phi) is 6.21. The van der Waals surface area contributed by atoms with Gasteiger partial charge in [0.15, 0.2) is 0 Å². The van der Waals surface area contributed by atoms with Gasteiger partial charge >= 0.3 is 0 Å². The Bertz CT molecular complexity index is 662. The fraction of sp³-hybridized carbons (Fsp3) is 0.316. The third-order valence-corrected chi connectivity index (χ3v) is 3.45. The molecule has 5 nitrogen and oxygen atoms in total. The number of para-hydroxylation sites is 1. The minimum absolute atomic E-state index is 0.122. The summed E-state index contributed by atoms with van der Waals surface area (Å²) in [5.41, 5.74) is 2.78. The second-order valence-corrected chi connectivity index (χ2v) is 5.70. The number of ether oxygens (including phenoxy) is 2. The molecule has 0 aliphatic heterocycles. The Hall–Kier alpha value is -2.53. The van der Waals surface area contributed by atoms with Gasteiger partial charge in [-0.05, 0) is 49.2 Å². The molecule has 2 aromatic rings. The van der Waals surface area contributed by atoms with E-state index in [2.05, 4.69) is 5.32 Å². The molecule has 0 bridgehead atoms. The Morgan fingerprint density at radius 2 is 1.62 bits per heavy atom. The van der Waals surface area contributed by atoms with Crippen LogP contribution in [0.25, 0.3) is 0 Å². The standard InChI is InChI=1S/C19H23NO4/c1-13-5-4-6-14(2)19(13)24-12-17(22)11-23-18-9-7-16(8-10-18)20-15(3)21/h4-10,17,22H,11-12H2,1-3H3,(H,20,21)/t17-/m1/s1. The molecule has 128 valence electrons. The van der Waals surface area contributed by atoms with Crippen LogP contribution in [0.4, 0.5) is 5.69 Å². The fourth-order valence-corrected chi connectivity index (χ4v) is 2.28. The van der Waals surface area contributed by atoms with E-state index in [1.54, 1.807) is 24.3 Å². The first-order valence-corrected chi connectivity index (χ1v) is 7.83. The van der Waals surface area contributed by atoms with Crippen LogP contribution >= 0.6 is 0 Å². The molecular formula is C19H23NO4. The lowest BCUT2D eigenvalue weighted by molar-refractivity contribution is -0.114. The van der Waals surface area contributed by atoms with Crippen molar-refractivity contribution in [2.75, 3.05) is 18.5 Å². The first-order valence-electron chi connectivity index (χ1n) is 7.83. The number of hydrogen-bond donors (Lipinski definition) is 2. The van der Waals surface area contributed by atoms with Crippen molar-refractivity contribution in [3.8, 4) is 11.5 Å². The van der Waals surface area contributed by atoms with E-state index in [4.69, 9.17) is 9.47 Å². The lowest BCUT2D eigenvalue weighted by atomic mass is 10.1. The van der Waals surface area contributed by atoms with E-state index >= 15 is 0 Å². The summed E-state index contributed by atoms with van der Waals surface area (Å²) >= 11 is 0. The van der Waals surface area contributed by atoms with Crippen LogP contribution in [0.5, 0.6) is 11.5 Å². The summed E-state index contributed by atoms with van der Waals surface area (Å²) in [7, 11) is 0. The average molecular weight is 329 g/mol. The molecule has 2 aromatic carbocycles. The highest BCUT2D eigenvalue weighted by Crippen LogP contribution is 2.22. The van der Waals surface area contributed by atoms with E-state index in [0.717, 1.165) is 16.9 Å². The van der Waals surface area contributed by atoms with Crippen LogP contribution in [0.1, 0.15) is 18.1 Å². The lowest BCUT2D eigenvalue weighted by Crippen LogP contribution is -2.25. The monoisotopic (exact) mass is 329 g/mol. The van der Waals surface area contributed by atoms with Gasteiger partial charge in [-0.25, -0.2) is 0 Å². The van der Waals surface area contributed by atoms with Gasteiger partial charge < -0.3 is 19.9 Å². The van der Waals surface area contributed by atoms with E-state index in [1.807, 2.05) is 32.0 Å². The average Bonchev–Trinajstić information content (AvgIpc) is 2.53. The maximum absolute atomic E-state index is 11.0. The quantitative estimate of drug-likeness (QED) is 0.819. The molecule has 24 heavy (non-hydrogen) atoms. The van der Waals surface area contributed by atoms with Crippen LogP contribution in [-0.2, 0) is 4.79 Å². The van der Waals surface area contributed by atoms with Crippen LogP contribution in [0.15, 0.2) is 42.5 Å². The van der Waals surface area contributed by atoms with Crippen molar-refractivity contribution >= 4 is 11.6 Å². The number of amides is 1. The second kappa shape index (κ2) is 8.36. The Morgan fingerprint density at radius 3 is 2.21 bits per heavy atom. The molecule has 1 amide bonds. The molecule has 0 heterocycles. The molecule has 0 fully saturated rings. The van der Waals surface area contributed by atoms with Gasteiger partial charge in [0.25, 0.3) is 0 Å². The summed E-state index contributed by atoms with van der Waals surface area (Å²) in [6.07, 6.45) is -0.737. The summed E-state index contributed by atoms with van der Waals surface area (Å²) in [4.78, 5) is 11.0. The normalized spacial score (nSPS) is 11.7. The molecule has 0 radical (unpaired) electrons. The van der Waals surface area contributed by atoms with Crippen LogP contribution in [0.2, 0.25) is 0 Å². The number of carbonyl (C=O) groups is 1. The van der Waals surface area contributed by atoms with Gasteiger partial charge in [0, 0.05) is 12.6 Å². The summed E-state index contributed by atoms with van der Waals surface area (Å²) in [6.45, 7) is 5.70. The maximum atomic E-state index is 11.0. The van der Waals surface area contributed by atoms with E-state index < -0.39 is 6.10 Å². The highest BCUT2D eigenvalue weighted by atomic mass is 16.5. The van der Waals surface area contributed by atoms with Crippen molar-refractivity contribution < 1.29 is 19.4 Å². The van der Waals surface area contributed by atoms with E-state index in [0.29, 0.717) is 11.4 Å². The van der Waals surface area contributed by atoms with Gasteiger partial charge in [-0.15, -0.1) is 0 Å². The number of anilines is 1.